The highest BCUT2D eigenvalue weighted by Crippen LogP contribution is 2.50. The standard InChI is InChI=1S/C19H30NO5/c1-11(2)15-12(3)18(4,23)17(22)25-10-13-6-8-20(5)9-7-14(16(15)21)19(13,20)24/h6,11-12,14-15,23-24H,7-10H2,1-5H3/q+1/t12?,14-,15?,18?,19?,20?/m1/s1. The Morgan fingerprint density at radius 2 is 1.96 bits per heavy atom. The van der Waals surface area contributed by atoms with E-state index in [1.807, 2.05) is 27.0 Å². The molecule has 0 aliphatic carbocycles. The molecule has 6 nitrogen and oxygen atoms in total. The molecule has 6 atom stereocenters. The summed E-state index contributed by atoms with van der Waals surface area (Å²) in [7, 11) is 1.95. The van der Waals surface area contributed by atoms with Gasteiger partial charge >= 0.3 is 5.97 Å². The van der Waals surface area contributed by atoms with Crippen molar-refractivity contribution >= 4 is 11.8 Å². The topological polar surface area (TPSA) is 83.8 Å². The van der Waals surface area contributed by atoms with E-state index >= 15 is 0 Å². The highest BCUT2D eigenvalue weighted by Gasteiger charge is 2.67. The van der Waals surface area contributed by atoms with Crippen LogP contribution in [0.15, 0.2) is 11.6 Å². The van der Waals surface area contributed by atoms with Crippen LogP contribution in [0.4, 0.5) is 0 Å². The number of rotatable bonds is 1. The number of Topliss-reactive ketones (excluding diaryl/α,β-unsaturated/α-hetero) is 1. The number of likely N-dealkylation sites (N-methyl/N-ethyl adjacent to an activating group) is 1. The van der Waals surface area contributed by atoms with Gasteiger partial charge in [0.15, 0.2) is 5.60 Å². The summed E-state index contributed by atoms with van der Waals surface area (Å²) < 4.78 is 5.74. The third-order valence-corrected chi connectivity index (χ3v) is 7.02. The van der Waals surface area contributed by atoms with Crippen LogP contribution in [0.1, 0.15) is 34.1 Å². The normalized spacial score (nSPS) is 47.5. The van der Waals surface area contributed by atoms with Gasteiger partial charge in [0, 0.05) is 18.3 Å². The Labute approximate surface area is 149 Å². The molecule has 140 valence electrons. The van der Waals surface area contributed by atoms with Crippen LogP contribution in [-0.2, 0) is 14.3 Å². The van der Waals surface area contributed by atoms with Crippen molar-refractivity contribution in [3.63, 3.8) is 0 Å². The third kappa shape index (κ3) is 2.34. The van der Waals surface area contributed by atoms with Gasteiger partial charge in [-0.15, -0.1) is 0 Å². The fourth-order valence-electron chi connectivity index (χ4n) is 5.14. The van der Waals surface area contributed by atoms with Gasteiger partial charge < -0.3 is 14.9 Å². The zero-order chi connectivity index (χ0) is 18.8. The molecule has 3 rings (SSSR count). The first-order valence-electron chi connectivity index (χ1n) is 9.16. The summed E-state index contributed by atoms with van der Waals surface area (Å²) in [5.74, 6) is -2.49. The van der Waals surface area contributed by atoms with Crippen LogP contribution in [0.3, 0.4) is 0 Å². The maximum absolute atomic E-state index is 13.5. The Morgan fingerprint density at radius 1 is 1.32 bits per heavy atom. The summed E-state index contributed by atoms with van der Waals surface area (Å²) in [5.41, 5.74) is -2.46. The lowest BCUT2D eigenvalue weighted by Gasteiger charge is -2.43. The Kier molecular flexibility index (Phi) is 4.18. The predicted octanol–water partition coefficient (Wildman–Crippen LogP) is 0.867. The first-order chi connectivity index (χ1) is 11.5. The number of hydrogen-bond donors (Lipinski definition) is 2. The number of hydrogen-bond acceptors (Lipinski definition) is 5. The summed E-state index contributed by atoms with van der Waals surface area (Å²) in [6.45, 7) is 8.23. The van der Waals surface area contributed by atoms with Crippen LogP contribution in [-0.4, -0.2) is 64.5 Å². The Morgan fingerprint density at radius 3 is 2.56 bits per heavy atom. The van der Waals surface area contributed by atoms with E-state index in [2.05, 4.69) is 0 Å². The molecule has 25 heavy (non-hydrogen) atoms. The van der Waals surface area contributed by atoms with E-state index in [0.29, 0.717) is 29.6 Å². The molecule has 3 aliphatic rings. The molecule has 2 fully saturated rings. The largest absolute Gasteiger partial charge is 0.459 e. The molecule has 0 amide bonds. The SMILES string of the molecule is CC(C)C1C(=O)[C@H]2CC[N+]3(C)CC=C(COC(=O)C(C)(O)C1C)C23O. The minimum atomic E-state index is -1.74. The maximum Gasteiger partial charge on any atom is 0.338 e. The van der Waals surface area contributed by atoms with Crippen molar-refractivity contribution < 1.29 is 29.0 Å². The minimum Gasteiger partial charge on any atom is -0.459 e. The number of aliphatic hydroxyl groups is 2. The zero-order valence-electron chi connectivity index (χ0n) is 15.8. The number of nitrogens with zero attached hydrogens (tertiary/aromatic N) is 1. The van der Waals surface area contributed by atoms with Gasteiger partial charge in [-0.2, -0.15) is 0 Å². The van der Waals surface area contributed by atoms with Crippen molar-refractivity contribution in [2.75, 3.05) is 26.7 Å². The van der Waals surface area contributed by atoms with Gasteiger partial charge in [0.05, 0.1) is 19.2 Å². The average molecular weight is 352 g/mol. The molecule has 3 heterocycles. The van der Waals surface area contributed by atoms with Gasteiger partial charge in [0.25, 0.3) is 0 Å². The monoisotopic (exact) mass is 352 g/mol. The molecule has 5 unspecified atom stereocenters. The van der Waals surface area contributed by atoms with E-state index in [-0.39, 0.29) is 18.3 Å². The van der Waals surface area contributed by atoms with Crippen molar-refractivity contribution in [3.8, 4) is 0 Å². The maximum atomic E-state index is 13.5. The van der Waals surface area contributed by atoms with Crippen molar-refractivity contribution in [2.45, 2.75) is 45.4 Å². The van der Waals surface area contributed by atoms with Crippen LogP contribution in [0, 0.1) is 23.7 Å². The van der Waals surface area contributed by atoms with E-state index in [0.717, 1.165) is 0 Å². The van der Waals surface area contributed by atoms with Crippen LogP contribution in [0.5, 0.6) is 0 Å². The molecule has 0 radical (unpaired) electrons. The van der Waals surface area contributed by atoms with Gasteiger partial charge in [-0.25, -0.2) is 4.79 Å². The van der Waals surface area contributed by atoms with Crippen molar-refractivity contribution in [2.24, 2.45) is 23.7 Å². The summed E-state index contributed by atoms with van der Waals surface area (Å²) in [5, 5.41) is 22.4. The van der Waals surface area contributed by atoms with Gasteiger partial charge in [-0.05, 0) is 18.9 Å². The Balaban J connectivity index is 2.12. The average Bonchev–Trinajstić information content (AvgIpc) is 2.91. The van der Waals surface area contributed by atoms with Crippen molar-refractivity contribution in [3.05, 3.63) is 11.6 Å². The second-order valence-electron chi connectivity index (χ2n) is 8.78. The fraction of sp³-hybridized carbons (Fsp3) is 0.789. The van der Waals surface area contributed by atoms with Gasteiger partial charge in [-0.1, -0.05) is 20.8 Å². The molecule has 0 aromatic heterocycles. The molecule has 0 aromatic carbocycles. The molecule has 3 aliphatic heterocycles. The quantitative estimate of drug-likeness (QED) is 0.416. The number of ether oxygens (including phenoxy) is 1. The third-order valence-electron chi connectivity index (χ3n) is 7.02. The van der Waals surface area contributed by atoms with Gasteiger partial charge in [0.2, 0.25) is 5.72 Å². The van der Waals surface area contributed by atoms with E-state index in [1.165, 1.54) is 6.92 Å². The van der Waals surface area contributed by atoms with Crippen LogP contribution >= 0.6 is 0 Å². The number of carbonyl (C=O) groups excluding carboxylic acids is 2. The molecule has 0 saturated carbocycles. The molecule has 0 aromatic rings. The van der Waals surface area contributed by atoms with Crippen molar-refractivity contribution in [1.82, 2.24) is 0 Å². The lowest BCUT2D eigenvalue weighted by atomic mass is 9.68. The highest BCUT2D eigenvalue weighted by molar-refractivity contribution is 5.88. The molecule has 0 spiro atoms. The molecule has 0 bridgehead atoms. The molecule has 2 saturated heterocycles. The smallest absolute Gasteiger partial charge is 0.338 e. The van der Waals surface area contributed by atoms with E-state index in [1.54, 1.807) is 6.92 Å². The van der Waals surface area contributed by atoms with E-state index in [9.17, 15) is 19.8 Å². The lowest BCUT2D eigenvalue weighted by Crippen LogP contribution is -2.62. The second kappa shape index (κ2) is 5.63. The molecule has 2 N–H and O–H groups in total. The van der Waals surface area contributed by atoms with Gasteiger partial charge in [0.1, 0.15) is 24.9 Å². The molecular weight excluding hydrogens is 322 g/mol. The number of quaternary nitrogens is 1. The summed E-state index contributed by atoms with van der Waals surface area (Å²) >= 11 is 0. The first-order valence-corrected chi connectivity index (χ1v) is 9.16. The minimum absolute atomic E-state index is 0.0466. The lowest BCUT2D eigenvalue weighted by molar-refractivity contribution is -0.955. The number of esters is 1. The Hall–Kier alpha value is -1.24. The predicted molar refractivity (Wildman–Crippen MR) is 91.1 cm³/mol. The van der Waals surface area contributed by atoms with E-state index in [4.69, 9.17) is 4.74 Å². The molecule has 6 heteroatoms. The van der Waals surface area contributed by atoms with Crippen LogP contribution < -0.4 is 0 Å². The van der Waals surface area contributed by atoms with Crippen molar-refractivity contribution in [1.29, 1.82) is 0 Å². The fourth-order valence-corrected chi connectivity index (χ4v) is 5.14. The van der Waals surface area contributed by atoms with Gasteiger partial charge in [-0.3, -0.25) is 9.28 Å². The second-order valence-corrected chi connectivity index (χ2v) is 8.78. The summed E-state index contributed by atoms with van der Waals surface area (Å²) in [6, 6.07) is 0. The Bertz CT molecular complexity index is 640. The highest BCUT2D eigenvalue weighted by atomic mass is 16.6. The van der Waals surface area contributed by atoms with Crippen LogP contribution in [0.25, 0.3) is 0 Å². The van der Waals surface area contributed by atoms with E-state index < -0.39 is 35.0 Å². The first kappa shape index (κ1) is 18.5. The summed E-state index contributed by atoms with van der Waals surface area (Å²) in [4.78, 5) is 26.0. The zero-order valence-corrected chi connectivity index (χ0v) is 15.8. The van der Waals surface area contributed by atoms with Crippen LogP contribution in [0.2, 0.25) is 0 Å². The number of ketones is 1. The number of cyclic esters (lactones) is 1. The molecular formula is C19H30NO5+. The number of carbonyl (C=O) groups is 2. The summed E-state index contributed by atoms with van der Waals surface area (Å²) in [6.07, 6.45) is 2.49.